The molecule has 0 atom stereocenters. The van der Waals surface area contributed by atoms with Crippen LogP contribution in [0.5, 0.6) is 0 Å². The zero-order valence-corrected chi connectivity index (χ0v) is 13.7. The molecule has 0 N–H and O–H groups in total. The van der Waals surface area contributed by atoms with Crippen molar-refractivity contribution in [1.29, 1.82) is 0 Å². The molecule has 2 rings (SSSR count). The van der Waals surface area contributed by atoms with Gasteiger partial charge in [0.2, 0.25) is 0 Å². The number of carbonyl (C=O) groups excluding carboxylic acids is 1. The van der Waals surface area contributed by atoms with E-state index in [1.54, 1.807) is 18.0 Å². The van der Waals surface area contributed by atoms with Crippen LogP contribution in [-0.4, -0.2) is 17.9 Å². The summed E-state index contributed by atoms with van der Waals surface area (Å²) in [6.07, 6.45) is 0. The Bertz CT molecular complexity index is 642. The van der Waals surface area contributed by atoms with Gasteiger partial charge in [-0.2, -0.15) is 0 Å². The lowest BCUT2D eigenvalue weighted by Crippen LogP contribution is -2.26. The minimum atomic E-state index is -0.0837. The third-order valence-corrected chi connectivity index (χ3v) is 4.49. The molecule has 0 fully saturated rings. The van der Waals surface area contributed by atoms with Crippen molar-refractivity contribution in [3.05, 3.63) is 68.7 Å². The Labute approximate surface area is 132 Å². The Morgan fingerprint density at radius 3 is 2.60 bits per heavy atom. The Kier molecular flexibility index (Phi) is 4.84. The average Bonchev–Trinajstić information content (AvgIpc) is 2.43. The monoisotopic (exact) mass is 351 g/mol. The van der Waals surface area contributed by atoms with Crippen LogP contribution in [-0.2, 0) is 6.54 Å². The fourth-order valence-corrected chi connectivity index (χ4v) is 2.56. The van der Waals surface area contributed by atoms with Crippen molar-refractivity contribution in [3.8, 4) is 0 Å². The lowest BCUT2D eigenvalue weighted by atomic mass is 10.1. The van der Waals surface area contributed by atoms with Gasteiger partial charge in [-0.15, -0.1) is 0 Å². The van der Waals surface area contributed by atoms with E-state index in [2.05, 4.69) is 15.9 Å². The Morgan fingerprint density at radius 2 is 1.90 bits per heavy atom. The molecule has 0 unspecified atom stereocenters. The molecule has 0 bridgehead atoms. The molecular weight excluding hydrogens is 338 g/mol. The van der Waals surface area contributed by atoms with Gasteiger partial charge in [-0.1, -0.05) is 41.9 Å². The zero-order chi connectivity index (χ0) is 14.7. The molecule has 1 amide bonds. The number of hydrogen-bond acceptors (Lipinski definition) is 1. The molecule has 0 heterocycles. The van der Waals surface area contributed by atoms with E-state index in [0.29, 0.717) is 17.1 Å². The van der Waals surface area contributed by atoms with E-state index in [9.17, 15) is 4.79 Å². The maximum Gasteiger partial charge on any atom is 0.255 e. The van der Waals surface area contributed by atoms with Gasteiger partial charge >= 0.3 is 0 Å². The summed E-state index contributed by atoms with van der Waals surface area (Å²) in [6, 6.07) is 13.4. The van der Waals surface area contributed by atoms with Crippen molar-refractivity contribution < 1.29 is 4.79 Å². The summed E-state index contributed by atoms with van der Waals surface area (Å²) in [6.45, 7) is 2.61. The summed E-state index contributed by atoms with van der Waals surface area (Å²) in [4.78, 5) is 14.1. The molecule has 2 aromatic carbocycles. The predicted octanol–water partition coefficient (Wildman–Crippen LogP) is 4.68. The quantitative estimate of drug-likeness (QED) is 0.785. The van der Waals surface area contributed by atoms with E-state index in [-0.39, 0.29) is 5.91 Å². The second kappa shape index (κ2) is 6.42. The first kappa shape index (κ1) is 15.1. The largest absolute Gasteiger partial charge is 0.337 e. The van der Waals surface area contributed by atoms with E-state index in [1.807, 2.05) is 43.3 Å². The molecule has 0 aromatic heterocycles. The highest BCUT2D eigenvalue weighted by molar-refractivity contribution is 9.10. The second-order valence-electron chi connectivity index (χ2n) is 4.69. The van der Waals surface area contributed by atoms with E-state index in [4.69, 9.17) is 11.6 Å². The molecular formula is C16H15BrClNO. The highest BCUT2D eigenvalue weighted by Gasteiger charge is 2.17. The summed E-state index contributed by atoms with van der Waals surface area (Å²) >= 11 is 9.51. The van der Waals surface area contributed by atoms with Crippen molar-refractivity contribution in [2.75, 3.05) is 7.05 Å². The van der Waals surface area contributed by atoms with Gasteiger partial charge in [0.25, 0.3) is 5.91 Å². The maximum absolute atomic E-state index is 12.5. The van der Waals surface area contributed by atoms with Crippen LogP contribution in [0.25, 0.3) is 0 Å². The molecule has 0 spiro atoms. The summed E-state index contributed by atoms with van der Waals surface area (Å²) in [5, 5.41) is 0.453. The molecule has 0 aliphatic rings. The SMILES string of the molecule is Cc1ccccc1CN(C)C(=O)c1cccc(Br)c1Cl. The van der Waals surface area contributed by atoms with Crippen molar-refractivity contribution in [1.82, 2.24) is 4.90 Å². The third-order valence-electron chi connectivity index (χ3n) is 3.20. The summed E-state index contributed by atoms with van der Waals surface area (Å²) in [5.41, 5.74) is 2.82. The number of carbonyl (C=O) groups is 1. The van der Waals surface area contributed by atoms with E-state index < -0.39 is 0 Å². The zero-order valence-electron chi connectivity index (χ0n) is 11.4. The first-order valence-corrected chi connectivity index (χ1v) is 7.42. The first-order valence-electron chi connectivity index (χ1n) is 6.24. The van der Waals surface area contributed by atoms with E-state index in [1.165, 1.54) is 5.56 Å². The van der Waals surface area contributed by atoms with Crippen LogP contribution in [0.2, 0.25) is 5.02 Å². The second-order valence-corrected chi connectivity index (χ2v) is 5.92. The molecule has 20 heavy (non-hydrogen) atoms. The number of benzene rings is 2. The van der Waals surface area contributed by atoms with Gasteiger partial charge in [-0.3, -0.25) is 4.79 Å². The minimum absolute atomic E-state index is 0.0837. The van der Waals surface area contributed by atoms with Gasteiger partial charge in [-0.05, 0) is 46.1 Å². The molecule has 4 heteroatoms. The molecule has 0 aliphatic carbocycles. The third kappa shape index (κ3) is 3.22. The standard InChI is InChI=1S/C16H15BrClNO/c1-11-6-3-4-7-12(11)10-19(2)16(20)13-8-5-9-14(17)15(13)18/h3-9H,10H2,1-2H3. The summed E-state index contributed by atoms with van der Waals surface area (Å²) in [7, 11) is 1.78. The lowest BCUT2D eigenvalue weighted by molar-refractivity contribution is 0.0785. The predicted molar refractivity (Wildman–Crippen MR) is 86.1 cm³/mol. The smallest absolute Gasteiger partial charge is 0.255 e. The minimum Gasteiger partial charge on any atom is -0.337 e. The number of halogens is 2. The molecule has 0 saturated heterocycles. The molecule has 2 nitrogen and oxygen atoms in total. The Morgan fingerprint density at radius 1 is 1.20 bits per heavy atom. The van der Waals surface area contributed by atoms with Crippen molar-refractivity contribution in [2.45, 2.75) is 13.5 Å². The van der Waals surface area contributed by atoms with Gasteiger partial charge < -0.3 is 4.90 Å². The highest BCUT2D eigenvalue weighted by atomic mass is 79.9. The number of rotatable bonds is 3. The fraction of sp³-hybridized carbons (Fsp3) is 0.188. The van der Waals surface area contributed by atoms with Crippen LogP contribution < -0.4 is 0 Å². The molecule has 2 aromatic rings. The number of hydrogen-bond donors (Lipinski definition) is 0. The fourth-order valence-electron chi connectivity index (χ4n) is 1.99. The summed E-state index contributed by atoms with van der Waals surface area (Å²) in [5.74, 6) is -0.0837. The molecule has 104 valence electrons. The number of amides is 1. The van der Waals surface area contributed by atoms with Gasteiger partial charge in [0.05, 0.1) is 10.6 Å². The molecule has 0 saturated carbocycles. The van der Waals surface area contributed by atoms with E-state index in [0.717, 1.165) is 10.0 Å². The van der Waals surface area contributed by atoms with Gasteiger partial charge in [0.1, 0.15) is 0 Å². The van der Waals surface area contributed by atoms with Crippen LogP contribution in [0.3, 0.4) is 0 Å². The number of nitrogens with zero attached hydrogens (tertiary/aromatic N) is 1. The Hall–Kier alpha value is -1.32. The van der Waals surface area contributed by atoms with Gasteiger partial charge in [0, 0.05) is 18.1 Å². The van der Waals surface area contributed by atoms with Crippen molar-refractivity contribution >= 4 is 33.4 Å². The maximum atomic E-state index is 12.5. The molecule has 0 radical (unpaired) electrons. The number of aryl methyl sites for hydroxylation is 1. The van der Waals surface area contributed by atoms with Crippen LogP contribution in [0, 0.1) is 6.92 Å². The first-order chi connectivity index (χ1) is 9.50. The van der Waals surface area contributed by atoms with Gasteiger partial charge in [0.15, 0.2) is 0 Å². The van der Waals surface area contributed by atoms with Gasteiger partial charge in [-0.25, -0.2) is 0 Å². The van der Waals surface area contributed by atoms with Crippen molar-refractivity contribution in [3.63, 3.8) is 0 Å². The van der Waals surface area contributed by atoms with Crippen LogP contribution in [0.4, 0.5) is 0 Å². The average molecular weight is 353 g/mol. The van der Waals surface area contributed by atoms with E-state index >= 15 is 0 Å². The topological polar surface area (TPSA) is 20.3 Å². The van der Waals surface area contributed by atoms with Crippen LogP contribution in [0.1, 0.15) is 21.5 Å². The summed E-state index contributed by atoms with van der Waals surface area (Å²) < 4.78 is 0.731. The normalized spacial score (nSPS) is 10.4. The highest BCUT2D eigenvalue weighted by Crippen LogP contribution is 2.27. The van der Waals surface area contributed by atoms with Crippen LogP contribution >= 0.6 is 27.5 Å². The molecule has 0 aliphatic heterocycles. The lowest BCUT2D eigenvalue weighted by Gasteiger charge is -2.19. The van der Waals surface area contributed by atoms with Crippen molar-refractivity contribution in [2.24, 2.45) is 0 Å². The van der Waals surface area contributed by atoms with Crippen LogP contribution in [0.15, 0.2) is 46.9 Å². The Balaban J connectivity index is 2.21.